The molecule has 1 aromatic carbocycles. The van der Waals surface area contributed by atoms with Gasteiger partial charge in [0, 0.05) is 28.3 Å². The monoisotopic (exact) mass is 414 g/mol. The number of carbonyl (C=O) groups is 1. The van der Waals surface area contributed by atoms with Crippen molar-refractivity contribution in [3.63, 3.8) is 0 Å². The number of carbonyl (C=O) groups excluding carboxylic acids is 1. The normalized spacial score (nSPS) is 41.2. The van der Waals surface area contributed by atoms with Crippen LogP contribution in [0.5, 0.6) is 0 Å². The molecule has 1 aromatic rings. The molecule has 2 heterocycles. The molecular formula is C24H34N2O2S. The average Bonchev–Trinajstić information content (AvgIpc) is 2.96. The van der Waals surface area contributed by atoms with Gasteiger partial charge >= 0.3 is 6.03 Å². The molecule has 4 fully saturated rings. The minimum Gasteiger partial charge on any atom is -0.390 e. The highest BCUT2D eigenvalue weighted by Gasteiger charge is 2.48. The van der Waals surface area contributed by atoms with Gasteiger partial charge in [-0.05, 0) is 75.3 Å². The summed E-state index contributed by atoms with van der Waals surface area (Å²) in [6, 6.07) is 11.8. The summed E-state index contributed by atoms with van der Waals surface area (Å²) in [5.74, 6) is 0.789. The van der Waals surface area contributed by atoms with E-state index in [2.05, 4.69) is 47.5 Å². The van der Waals surface area contributed by atoms with Crippen molar-refractivity contribution in [1.82, 2.24) is 10.2 Å². The van der Waals surface area contributed by atoms with Crippen LogP contribution in [0.2, 0.25) is 0 Å². The number of aliphatic hydroxyl groups is 1. The van der Waals surface area contributed by atoms with E-state index in [1.807, 2.05) is 11.8 Å². The first-order chi connectivity index (χ1) is 14.0. The van der Waals surface area contributed by atoms with Crippen LogP contribution in [0.1, 0.15) is 64.7 Å². The topological polar surface area (TPSA) is 52.6 Å². The number of hydrogen-bond acceptors (Lipinski definition) is 3. The van der Waals surface area contributed by atoms with E-state index in [1.165, 1.54) is 4.90 Å². The Balaban J connectivity index is 1.22. The molecule has 2 N–H and O–H groups in total. The summed E-state index contributed by atoms with van der Waals surface area (Å²) in [5.41, 5.74) is -0.477. The molecule has 2 amide bonds. The van der Waals surface area contributed by atoms with Crippen LogP contribution in [0.15, 0.2) is 35.2 Å². The number of nitrogens with one attached hydrogen (secondary N) is 1. The van der Waals surface area contributed by atoms with Gasteiger partial charge in [-0.2, -0.15) is 0 Å². The Kier molecular flexibility index (Phi) is 5.32. The van der Waals surface area contributed by atoms with Crippen LogP contribution in [0.4, 0.5) is 4.79 Å². The van der Waals surface area contributed by atoms with Crippen LogP contribution >= 0.6 is 11.8 Å². The molecule has 29 heavy (non-hydrogen) atoms. The minimum atomic E-state index is -0.477. The van der Waals surface area contributed by atoms with Gasteiger partial charge in [0.15, 0.2) is 0 Å². The first kappa shape index (κ1) is 19.7. The predicted octanol–water partition coefficient (Wildman–Crippen LogP) is 4.81. The third-order valence-corrected chi connectivity index (χ3v) is 9.21. The van der Waals surface area contributed by atoms with E-state index >= 15 is 0 Å². The molecule has 5 rings (SSSR count). The van der Waals surface area contributed by atoms with Gasteiger partial charge in [-0.25, -0.2) is 4.79 Å². The van der Waals surface area contributed by atoms with Gasteiger partial charge in [-0.1, -0.05) is 31.5 Å². The Bertz CT molecular complexity index is 726. The zero-order valence-corrected chi connectivity index (χ0v) is 18.2. The smallest absolute Gasteiger partial charge is 0.318 e. The van der Waals surface area contributed by atoms with Crippen molar-refractivity contribution in [3.8, 4) is 0 Å². The third kappa shape index (κ3) is 3.93. The lowest BCUT2D eigenvalue weighted by Crippen LogP contribution is -2.59. The van der Waals surface area contributed by atoms with Crippen molar-refractivity contribution >= 4 is 17.8 Å². The summed E-state index contributed by atoms with van der Waals surface area (Å²) in [4.78, 5) is 16.9. The van der Waals surface area contributed by atoms with Crippen molar-refractivity contribution < 1.29 is 9.90 Å². The molecule has 158 valence electrons. The lowest BCUT2D eigenvalue weighted by Gasteiger charge is -2.50. The highest BCUT2D eigenvalue weighted by molar-refractivity contribution is 8.00. The number of fused-ring (bicyclic) bond motifs is 4. The number of benzene rings is 1. The fourth-order valence-electron chi connectivity index (χ4n) is 6.79. The molecule has 0 aromatic heterocycles. The Morgan fingerprint density at radius 1 is 1.14 bits per heavy atom. The highest BCUT2D eigenvalue weighted by atomic mass is 32.2. The average molecular weight is 415 g/mol. The molecule has 2 saturated heterocycles. The minimum absolute atomic E-state index is 0.161. The highest BCUT2D eigenvalue weighted by Crippen LogP contribution is 2.46. The molecule has 7 atom stereocenters. The van der Waals surface area contributed by atoms with E-state index < -0.39 is 5.60 Å². The van der Waals surface area contributed by atoms with Crippen LogP contribution in [-0.4, -0.2) is 45.0 Å². The van der Waals surface area contributed by atoms with Crippen molar-refractivity contribution in [2.75, 3.05) is 0 Å². The van der Waals surface area contributed by atoms with Crippen molar-refractivity contribution in [3.05, 3.63) is 30.3 Å². The second kappa shape index (κ2) is 7.81. The number of rotatable bonds is 3. The van der Waals surface area contributed by atoms with E-state index in [4.69, 9.17) is 0 Å². The van der Waals surface area contributed by atoms with Gasteiger partial charge < -0.3 is 15.3 Å². The molecular weight excluding hydrogens is 380 g/mol. The zero-order chi connectivity index (χ0) is 20.0. The first-order valence-corrected chi connectivity index (χ1v) is 12.4. The molecule has 2 saturated carbocycles. The number of hydrogen-bond donors (Lipinski definition) is 2. The van der Waals surface area contributed by atoms with Crippen molar-refractivity contribution in [2.45, 2.75) is 98.6 Å². The van der Waals surface area contributed by atoms with E-state index in [-0.39, 0.29) is 12.1 Å². The quantitative estimate of drug-likeness (QED) is 0.746. The van der Waals surface area contributed by atoms with E-state index in [1.54, 1.807) is 0 Å². The Morgan fingerprint density at radius 3 is 2.59 bits per heavy atom. The van der Waals surface area contributed by atoms with Gasteiger partial charge in [-0.15, -0.1) is 11.8 Å². The second-order valence-electron chi connectivity index (χ2n) is 10.1. The summed E-state index contributed by atoms with van der Waals surface area (Å²) in [5, 5.41) is 14.8. The number of thioether (sulfide) groups is 1. The molecule has 5 heteroatoms. The van der Waals surface area contributed by atoms with Crippen molar-refractivity contribution in [1.29, 1.82) is 0 Å². The summed E-state index contributed by atoms with van der Waals surface area (Å²) < 4.78 is 0. The predicted molar refractivity (Wildman–Crippen MR) is 117 cm³/mol. The zero-order valence-electron chi connectivity index (χ0n) is 17.4. The van der Waals surface area contributed by atoms with E-state index in [0.717, 1.165) is 57.8 Å². The van der Waals surface area contributed by atoms with Gasteiger partial charge in [0.25, 0.3) is 0 Å². The summed E-state index contributed by atoms with van der Waals surface area (Å²) in [6.07, 6.45) is 9.36. The maximum absolute atomic E-state index is 13.3. The molecule has 2 aliphatic heterocycles. The molecule has 3 unspecified atom stereocenters. The molecule has 0 spiro atoms. The van der Waals surface area contributed by atoms with Crippen LogP contribution < -0.4 is 5.32 Å². The van der Waals surface area contributed by atoms with Crippen LogP contribution in [0, 0.1) is 11.8 Å². The third-order valence-electron chi connectivity index (χ3n) is 7.94. The fourth-order valence-corrected chi connectivity index (χ4v) is 8.13. The Hall–Kier alpha value is -1.20. The Labute approximate surface area is 178 Å². The molecule has 0 radical (unpaired) electrons. The summed E-state index contributed by atoms with van der Waals surface area (Å²) in [6.45, 7) is 2.21. The molecule has 2 aliphatic carbocycles. The van der Waals surface area contributed by atoms with Crippen molar-refractivity contribution in [2.24, 2.45) is 11.8 Å². The van der Waals surface area contributed by atoms with Gasteiger partial charge in [0.05, 0.1) is 5.60 Å². The first-order valence-electron chi connectivity index (χ1n) is 11.5. The second-order valence-corrected chi connectivity index (χ2v) is 11.4. The van der Waals surface area contributed by atoms with E-state index in [9.17, 15) is 9.90 Å². The number of nitrogens with zero attached hydrogens (tertiary/aromatic N) is 1. The molecule has 4 nitrogen and oxygen atoms in total. The SMILES string of the molecule is CC1CC2(O)CCCC(C2)[C@@H]1NC(=O)N1[C@@H]2CC[C@H]1C[C@@H](Sc1ccccc1)C2. The summed E-state index contributed by atoms with van der Waals surface area (Å²) >= 11 is 1.99. The lowest BCUT2D eigenvalue weighted by molar-refractivity contribution is -0.0764. The molecule has 4 aliphatic rings. The van der Waals surface area contributed by atoms with Crippen LogP contribution in [-0.2, 0) is 0 Å². The Morgan fingerprint density at radius 2 is 1.86 bits per heavy atom. The van der Waals surface area contributed by atoms with Crippen LogP contribution in [0.3, 0.4) is 0 Å². The van der Waals surface area contributed by atoms with E-state index in [0.29, 0.717) is 29.2 Å². The largest absolute Gasteiger partial charge is 0.390 e. The van der Waals surface area contributed by atoms with Gasteiger partial charge in [-0.3, -0.25) is 0 Å². The van der Waals surface area contributed by atoms with Crippen LogP contribution in [0.25, 0.3) is 0 Å². The summed E-state index contributed by atoms with van der Waals surface area (Å²) in [7, 11) is 0. The number of piperidine rings is 1. The van der Waals surface area contributed by atoms with Gasteiger partial charge in [0.1, 0.15) is 0 Å². The fraction of sp³-hybridized carbons (Fsp3) is 0.708. The van der Waals surface area contributed by atoms with Gasteiger partial charge in [0.2, 0.25) is 0 Å². The maximum atomic E-state index is 13.3. The maximum Gasteiger partial charge on any atom is 0.318 e. The number of urea groups is 1. The lowest BCUT2D eigenvalue weighted by atomic mass is 9.63. The number of amides is 2. The molecule has 4 bridgehead atoms. The standard InChI is InChI=1S/C24H34N2O2S/c1-16-14-24(28)11-5-6-17(15-24)22(16)25-23(27)26-18-9-10-19(26)13-21(12-18)29-20-7-3-2-4-8-20/h2-4,7-8,16-19,21-22,28H,5-6,9-15H2,1H3,(H,25,27)/t16?,17?,18-,19+,21+,22-,24?/m1/s1.